The van der Waals surface area contributed by atoms with Gasteiger partial charge in [-0.25, -0.2) is 4.79 Å². The first-order valence-electron chi connectivity index (χ1n) is 11.9. The molecular formula is C27H32ClNO4. The minimum absolute atomic E-state index is 0.348. The number of halogens is 1. The molecule has 1 saturated carbocycles. The van der Waals surface area contributed by atoms with Crippen molar-refractivity contribution in [3.8, 4) is 5.75 Å². The third-order valence-electron chi connectivity index (χ3n) is 7.08. The van der Waals surface area contributed by atoms with E-state index in [-0.39, 0.29) is 5.97 Å². The van der Waals surface area contributed by atoms with Crippen LogP contribution in [0.2, 0.25) is 5.02 Å². The SMILES string of the molecule is COC(=O)c1ccc2c(c1)N(C[C@@H]1CC[C@H]1CCC=O)CCCCc1cc(Cl)ccc1CO2. The molecular weight excluding hydrogens is 438 g/mol. The molecule has 0 amide bonds. The topological polar surface area (TPSA) is 55.8 Å². The van der Waals surface area contributed by atoms with E-state index in [9.17, 15) is 9.59 Å². The van der Waals surface area contributed by atoms with Gasteiger partial charge in [-0.3, -0.25) is 0 Å². The van der Waals surface area contributed by atoms with Crippen molar-refractivity contribution in [3.63, 3.8) is 0 Å². The lowest BCUT2D eigenvalue weighted by Gasteiger charge is -2.41. The lowest BCUT2D eigenvalue weighted by Crippen LogP contribution is -2.39. The normalized spacial score (nSPS) is 20.4. The first-order valence-corrected chi connectivity index (χ1v) is 12.3. The largest absolute Gasteiger partial charge is 0.487 e. The van der Waals surface area contributed by atoms with Crippen molar-refractivity contribution in [2.24, 2.45) is 11.8 Å². The van der Waals surface area contributed by atoms with Crippen molar-refractivity contribution in [3.05, 3.63) is 58.1 Å². The standard InChI is InChI=1S/C27H32ClNO4/c1-32-27(31)21-10-12-26-25(16-21)29(17-22-8-7-19(22)6-4-14-30)13-3-2-5-20-15-24(28)11-9-23(20)18-33-26/h9-12,14-16,19,22H,2-8,13,17-18H2,1H3/t19-,22+/m1/s1. The summed E-state index contributed by atoms with van der Waals surface area (Å²) >= 11 is 6.26. The van der Waals surface area contributed by atoms with Gasteiger partial charge in [0, 0.05) is 24.5 Å². The molecule has 0 unspecified atom stereocenters. The molecule has 1 heterocycles. The average Bonchev–Trinajstić information content (AvgIpc) is 2.84. The maximum absolute atomic E-state index is 12.3. The Labute approximate surface area is 201 Å². The van der Waals surface area contributed by atoms with Crippen LogP contribution in [-0.2, 0) is 22.6 Å². The highest BCUT2D eigenvalue weighted by molar-refractivity contribution is 6.30. The highest BCUT2D eigenvalue weighted by Gasteiger charge is 2.32. The minimum Gasteiger partial charge on any atom is -0.487 e. The Morgan fingerprint density at radius 2 is 2.00 bits per heavy atom. The van der Waals surface area contributed by atoms with E-state index >= 15 is 0 Å². The molecule has 1 fully saturated rings. The van der Waals surface area contributed by atoms with Crippen LogP contribution in [0.4, 0.5) is 5.69 Å². The smallest absolute Gasteiger partial charge is 0.337 e. The zero-order valence-corrected chi connectivity index (χ0v) is 20.0. The Balaban J connectivity index is 1.63. The number of carbonyl (C=O) groups excluding carboxylic acids is 2. The van der Waals surface area contributed by atoms with Crippen LogP contribution in [0, 0.1) is 11.8 Å². The molecule has 0 radical (unpaired) electrons. The molecule has 2 atom stereocenters. The van der Waals surface area contributed by atoms with Gasteiger partial charge in [-0.15, -0.1) is 0 Å². The molecule has 0 spiro atoms. The van der Waals surface area contributed by atoms with Gasteiger partial charge in [-0.2, -0.15) is 0 Å². The molecule has 4 rings (SSSR count). The number of hydrogen-bond donors (Lipinski definition) is 0. The third kappa shape index (κ3) is 5.70. The molecule has 1 aliphatic carbocycles. The monoisotopic (exact) mass is 469 g/mol. The van der Waals surface area contributed by atoms with Crippen molar-refractivity contribution in [2.75, 3.05) is 25.1 Å². The van der Waals surface area contributed by atoms with Gasteiger partial charge < -0.3 is 19.2 Å². The quantitative estimate of drug-likeness (QED) is 0.392. The van der Waals surface area contributed by atoms with Gasteiger partial charge in [0.25, 0.3) is 0 Å². The maximum atomic E-state index is 12.3. The second kappa shape index (κ2) is 11.1. The van der Waals surface area contributed by atoms with Crippen molar-refractivity contribution in [1.82, 2.24) is 0 Å². The first kappa shape index (κ1) is 23.6. The van der Waals surface area contributed by atoms with Gasteiger partial charge in [0.1, 0.15) is 18.6 Å². The van der Waals surface area contributed by atoms with Crippen LogP contribution in [0.25, 0.3) is 0 Å². The Morgan fingerprint density at radius 1 is 1.15 bits per heavy atom. The number of nitrogens with zero attached hydrogens (tertiary/aromatic N) is 1. The summed E-state index contributed by atoms with van der Waals surface area (Å²) in [5.74, 6) is 1.57. The van der Waals surface area contributed by atoms with E-state index in [0.717, 1.165) is 67.1 Å². The molecule has 2 aromatic carbocycles. The number of anilines is 1. The van der Waals surface area contributed by atoms with E-state index in [2.05, 4.69) is 4.90 Å². The summed E-state index contributed by atoms with van der Waals surface area (Å²) in [4.78, 5) is 25.5. The molecule has 5 nitrogen and oxygen atoms in total. The van der Waals surface area contributed by atoms with Gasteiger partial charge in [0.15, 0.2) is 0 Å². The Kier molecular flexibility index (Phi) is 7.92. The van der Waals surface area contributed by atoms with E-state index in [1.165, 1.54) is 25.5 Å². The van der Waals surface area contributed by atoms with Crippen LogP contribution in [-0.4, -0.2) is 32.5 Å². The number of methoxy groups -OCH3 is 1. The fourth-order valence-electron chi connectivity index (χ4n) is 5.01. The summed E-state index contributed by atoms with van der Waals surface area (Å²) in [6.45, 7) is 2.24. The average molecular weight is 470 g/mol. The fourth-order valence-corrected chi connectivity index (χ4v) is 5.20. The Hall–Kier alpha value is -2.53. The molecule has 0 saturated heterocycles. The molecule has 0 aromatic heterocycles. The maximum Gasteiger partial charge on any atom is 0.337 e. The van der Waals surface area contributed by atoms with E-state index in [1.807, 2.05) is 30.3 Å². The minimum atomic E-state index is -0.348. The number of rotatable bonds is 6. The van der Waals surface area contributed by atoms with Crippen LogP contribution in [0.15, 0.2) is 36.4 Å². The number of hydrogen-bond acceptors (Lipinski definition) is 5. The highest BCUT2D eigenvalue weighted by atomic mass is 35.5. The predicted octanol–water partition coefficient (Wildman–Crippen LogP) is 5.85. The Morgan fingerprint density at radius 3 is 2.76 bits per heavy atom. The summed E-state index contributed by atoms with van der Waals surface area (Å²) in [7, 11) is 1.40. The fraction of sp³-hybridized carbons (Fsp3) is 0.481. The third-order valence-corrected chi connectivity index (χ3v) is 7.32. The molecule has 2 aromatic rings. The Bertz CT molecular complexity index is 992. The van der Waals surface area contributed by atoms with Crippen molar-refractivity contribution >= 4 is 29.5 Å². The number of benzene rings is 2. The lowest BCUT2D eigenvalue weighted by molar-refractivity contribution is -0.108. The number of fused-ring (bicyclic) bond motifs is 2. The van der Waals surface area contributed by atoms with Gasteiger partial charge in [-0.1, -0.05) is 17.7 Å². The van der Waals surface area contributed by atoms with Gasteiger partial charge >= 0.3 is 5.97 Å². The van der Waals surface area contributed by atoms with E-state index in [4.69, 9.17) is 21.1 Å². The van der Waals surface area contributed by atoms with Gasteiger partial charge in [-0.05, 0) is 91.8 Å². The molecule has 1 aliphatic heterocycles. The lowest BCUT2D eigenvalue weighted by atomic mass is 9.71. The van der Waals surface area contributed by atoms with Crippen molar-refractivity contribution in [1.29, 1.82) is 0 Å². The van der Waals surface area contributed by atoms with Crippen molar-refractivity contribution in [2.45, 2.75) is 51.6 Å². The summed E-state index contributed by atoms with van der Waals surface area (Å²) in [5, 5.41) is 0.750. The number of carbonyl (C=O) groups is 2. The predicted molar refractivity (Wildman–Crippen MR) is 130 cm³/mol. The summed E-state index contributed by atoms with van der Waals surface area (Å²) < 4.78 is 11.3. The van der Waals surface area contributed by atoms with Crippen LogP contribution in [0.3, 0.4) is 0 Å². The number of aldehydes is 1. The van der Waals surface area contributed by atoms with Crippen LogP contribution in [0.5, 0.6) is 5.75 Å². The van der Waals surface area contributed by atoms with Gasteiger partial charge in [0.05, 0.1) is 18.4 Å². The second-order valence-electron chi connectivity index (χ2n) is 9.12. The molecule has 0 N–H and O–H groups in total. The van der Waals surface area contributed by atoms with Crippen molar-refractivity contribution < 1.29 is 19.1 Å². The van der Waals surface area contributed by atoms with Gasteiger partial charge in [0.2, 0.25) is 0 Å². The molecule has 6 heteroatoms. The van der Waals surface area contributed by atoms with Crippen LogP contribution >= 0.6 is 11.6 Å². The van der Waals surface area contributed by atoms with Crippen LogP contribution < -0.4 is 9.64 Å². The molecule has 33 heavy (non-hydrogen) atoms. The molecule has 176 valence electrons. The number of ether oxygens (including phenoxy) is 2. The first-order chi connectivity index (χ1) is 16.1. The van der Waals surface area contributed by atoms with Crippen LogP contribution in [0.1, 0.15) is 60.0 Å². The molecule has 0 bridgehead atoms. The van der Waals surface area contributed by atoms with E-state index < -0.39 is 0 Å². The zero-order valence-electron chi connectivity index (χ0n) is 19.2. The highest BCUT2D eigenvalue weighted by Crippen LogP contribution is 2.40. The van der Waals surface area contributed by atoms with E-state index in [0.29, 0.717) is 30.4 Å². The zero-order chi connectivity index (χ0) is 23.2. The summed E-state index contributed by atoms with van der Waals surface area (Å²) in [6.07, 6.45) is 8.03. The second-order valence-corrected chi connectivity index (χ2v) is 9.56. The summed E-state index contributed by atoms with van der Waals surface area (Å²) in [5.41, 5.74) is 3.84. The molecule has 2 aliphatic rings. The number of esters is 1. The summed E-state index contributed by atoms with van der Waals surface area (Å²) in [6, 6.07) is 11.5. The number of aryl methyl sites for hydroxylation is 1. The van der Waals surface area contributed by atoms with E-state index in [1.54, 1.807) is 6.07 Å².